The van der Waals surface area contributed by atoms with Gasteiger partial charge in [0.15, 0.2) is 0 Å². The lowest BCUT2D eigenvalue weighted by Gasteiger charge is -2.10. The number of anilines is 2. The van der Waals surface area contributed by atoms with E-state index in [1.807, 2.05) is 36.4 Å². The van der Waals surface area contributed by atoms with Crippen molar-refractivity contribution in [2.75, 3.05) is 30.9 Å². The molecule has 0 unspecified atom stereocenters. The zero-order valence-corrected chi connectivity index (χ0v) is 15.4. The number of amides is 1. The van der Waals surface area contributed by atoms with E-state index >= 15 is 0 Å². The molecule has 0 aromatic heterocycles. The van der Waals surface area contributed by atoms with Crippen LogP contribution in [0.2, 0.25) is 0 Å². The van der Waals surface area contributed by atoms with Gasteiger partial charge in [0, 0.05) is 17.9 Å². The third kappa shape index (κ3) is 5.23. The van der Waals surface area contributed by atoms with E-state index in [1.165, 1.54) is 12.1 Å². The van der Waals surface area contributed by atoms with E-state index in [0.717, 1.165) is 17.2 Å². The molecule has 0 radical (unpaired) electrons. The predicted octanol–water partition coefficient (Wildman–Crippen LogP) is 4.58. The number of benzene rings is 3. The van der Waals surface area contributed by atoms with Gasteiger partial charge in [-0.3, -0.25) is 4.79 Å². The second kappa shape index (κ2) is 9.41. The first-order chi connectivity index (χ1) is 13.7. The van der Waals surface area contributed by atoms with Crippen molar-refractivity contribution in [1.29, 1.82) is 0 Å². The standard InChI is InChI=1S/C22H21FN2O3/c1-27-18-10-12-19(13-11-18)28-15-14-24-16-6-8-17(9-7-16)25-22(26)20-4-2-3-5-21(20)23/h2-13,24H,14-15H2,1H3,(H,25,26). The maximum atomic E-state index is 13.7. The van der Waals surface area contributed by atoms with Crippen molar-refractivity contribution >= 4 is 17.3 Å². The maximum Gasteiger partial charge on any atom is 0.258 e. The number of nitrogens with one attached hydrogen (secondary N) is 2. The van der Waals surface area contributed by atoms with Gasteiger partial charge in [0.1, 0.15) is 23.9 Å². The largest absolute Gasteiger partial charge is 0.497 e. The molecule has 0 aliphatic carbocycles. The molecule has 0 saturated carbocycles. The summed E-state index contributed by atoms with van der Waals surface area (Å²) in [5.41, 5.74) is 1.50. The van der Waals surface area contributed by atoms with Crippen LogP contribution in [0.25, 0.3) is 0 Å². The van der Waals surface area contributed by atoms with Crippen LogP contribution in [0.5, 0.6) is 11.5 Å². The van der Waals surface area contributed by atoms with Gasteiger partial charge in [-0.1, -0.05) is 12.1 Å². The molecule has 0 aliphatic heterocycles. The minimum absolute atomic E-state index is 0.0142. The van der Waals surface area contributed by atoms with E-state index < -0.39 is 11.7 Å². The lowest BCUT2D eigenvalue weighted by atomic mass is 10.2. The van der Waals surface area contributed by atoms with Gasteiger partial charge in [0.2, 0.25) is 0 Å². The van der Waals surface area contributed by atoms with Crippen LogP contribution in [0.3, 0.4) is 0 Å². The van der Waals surface area contributed by atoms with Crippen LogP contribution in [0.4, 0.5) is 15.8 Å². The highest BCUT2D eigenvalue weighted by Gasteiger charge is 2.10. The van der Waals surface area contributed by atoms with Crippen LogP contribution in [0, 0.1) is 5.82 Å². The Morgan fingerprint density at radius 1 is 0.893 bits per heavy atom. The lowest BCUT2D eigenvalue weighted by molar-refractivity contribution is 0.102. The quantitative estimate of drug-likeness (QED) is 0.562. The Kier molecular flexibility index (Phi) is 6.46. The van der Waals surface area contributed by atoms with Gasteiger partial charge in [-0.25, -0.2) is 4.39 Å². The minimum Gasteiger partial charge on any atom is -0.497 e. The Morgan fingerprint density at radius 3 is 2.21 bits per heavy atom. The fourth-order valence-electron chi connectivity index (χ4n) is 2.55. The molecular formula is C22H21FN2O3. The second-order valence-corrected chi connectivity index (χ2v) is 5.96. The van der Waals surface area contributed by atoms with Crippen molar-refractivity contribution in [2.24, 2.45) is 0 Å². The summed E-state index contributed by atoms with van der Waals surface area (Å²) < 4.78 is 24.4. The molecule has 0 saturated heterocycles. The number of halogens is 1. The van der Waals surface area contributed by atoms with Gasteiger partial charge in [0.05, 0.1) is 12.7 Å². The molecule has 0 spiro atoms. The van der Waals surface area contributed by atoms with Crippen LogP contribution in [-0.2, 0) is 0 Å². The summed E-state index contributed by atoms with van der Waals surface area (Å²) in [5.74, 6) is 0.531. The lowest BCUT2D eigenvalue weighted by Crippen LogP contribution is -2.14. The van der Waals surface area contributed by atoms with Crippen LogP contribution in [-0.4, -0.2) is 26.2 Å². The highest BCUT2D eigenvalue weighted by Crippen LogP contribution is 2.18. The van der Waals surface area contributed by atoms with Crippen molar-refractivity contribution in [3.63, 3.8) is 0 Å². The zero-order valence-electron chi connectivity index (χ0n) is 15.4. The molecule has 0 bridgehead atoms. The Balaban J connectivity index is 1.45. The summed E-state index contributed by atoms with van der Waals surface area (Å²) in [5, 5.41) is 5.92. The Bertz CT molecular complexity index is 912. The van der Waals surface area contributed by atoms with Crippen LogP contribution in [0.15, 0.2) is 72.8 Å². The van der Waals surface area contributed by atoms with Crippen LogP contribution in [0.1, 0.15) is 10.4 Å². The summed E-state index contributed by atoms with van der Waals surface area (Å²) in [6, 6.07) is 20.5. The van der Waals surface area contributed by atoms with Crippen LogP contribution >= 0.6 is 0 Å². The van der Waals surface area contributed by atoms with E-state index in [-0.39, 0.29) is 5.56 Å². The number of ether oxygens (including phenoxy) is 2. The monoisotopic (exact) mass is 380 g/mol. The number of carbonyl (C=O) groups excluding carboxylic acids is 1. The molecule has 0 aliphatic rings. The van der Waals surface area contributed by atoms with Gasteiger partial charge >= 0.3 is 0 Å². The van der Waals surface area contributed by atoms with Gasteiger partial charge in [-0.05, 0) is 60.7 Å². The number of carbonyl (C=O) groups is 1. The molecular weight excluding hydrogens is 359 g/mol. The van der Waals surface area contributed by atoms with Crippen molar-refractivity contribution < 1.29 is 18.7 Å². The summed E-state index contributed by atoms with van der Waals surface area (Å²) in [6.07, 6.45) is 0. The van der Waals surface area contributed by atoms with Crippen LogP contribution < -0.4 is 20.1 Å². The summed E-state index contributed by atoms with van der Waals surface area (Å²) in [6.45, 7) is 1.12. The van der Waals surface area contributed by atoms with Crippen molar-refractivity contribution in [3.05, 3.63) is 84.2 Å². The first-order valence-electron chi connectivity index (χ1n) is 8.82. The van der Waals surface area contributed by atoms with E-state index in [2.05, 4.69) is 10.6 Å². The average Bonchev–Trinajstić information content (AvgIpc) is 2.73. The van der Waals surface area contributed by atoms with Gasteiger partial charge in [0.25, 0.3) is 5.91 Å². The van der Waals surface area contributed by atoms with Gasteiger partial charge in [-0.15, -0.1) is 0 Å². The summed E-state index contributed by atoms with van der Waals surface area (Å²) in [4.78, 5) is 12.1. The molecule has 3 rings (SSSR count). The summed E-state index contributed by atoms with van der Waals surface area (Å²) >= 11 is 0. The third-order valence-electron chi connectivity index (χ3n) is 4.02. The zero-order chi connectivity index (χ0) is 19.8. The first-order valence-corrected chi connectivity index (χ1v) is 8.82. The Hall–Kier alpha value is -3.54. The summed E-state index contributed by atoms with van der Waals surface area (Å²) in [7, 11) is 1.62. The number of hydrogen-bond donors (Lipinski definition) is 2. The molecule has 6 heteroatoms. The Labute approximate surface area is 163 Å². The SMILES string of the molecule is COc1ccc(OCCNc2ccc(NC(=O)c3ccccc3F)cc2)cc1. The molecule has 144 valence electrons. The fraction of sp³-hybridized carbons (Fsp3) is 0.136. The van der Waals surface area contributed by atoms with Crippen molar-refractivity contribution in [2.45, 2.75) is 0 Å². The number of hydrogen-bond acceptors (Lipinski definition) is 4. The van der Waals surface area contributed by atoms with Gasteiger partial charge in [-0.2, -0.15) is 0 Å². The smallest absolute Gasteiger partial charge is 0.258 e. The third-order valence-corrected chi connectivity index (χ3v) is 4.02. The van der Waals surface area contributed by atoms with Gasteiger partial charge < -0.3 is 20.1 Å². The molecule has 3 aromatic rings. The number of methoxy groups -OCH3 is 1. The molecule has 0 atom stereocenters. The van der Waals surface area contributed by atoms with Crippen molar-refractivity contribution in [1.82, 2.24) is 0 Å². The minimum atomic E-state index is -0.546. The molecule has 0 heterocycles. The predicted molar refractivity (Wildman–Crippen MR) is 108 cm³/mol. The highest BCUT2D eigenvalue weighted by molar-refractivity contribution is 6.04. The maximum absolute atomic E-state index is 13.7. The first kappa shape index (κ1) is 19.2. The van der Waals surface area contributed by atoms with Crippen molar-refractivity contribution in [3.8, 4) is 11.5 Å². The average molecular weight is 380 g/mol. The fourth-order valence-corrected chi connectivity index (χ4v) is 2.55. The molecule has 0 fully saturated rings. The topological polar surface area (TPSA) is 59.6 Å². The second-order valence-electron chi connectivity index (χ2n) is 5.96. The van der Waals surface area contributed by atoms with E-state index in [0.29, 0.717) is 18.8 Å². The molecule has 28 heavy (non-hydrogen) atoms. The Morgan fingerprint density at radius 2 is 1.54 bits per heavy atom. The van der Waals surface area contributed by atoms with E-state index in [4.69, 9.17) is 9.47 Å². The van der Waals surface area contributed by atoms with E-state index in [1.54, 1.807) is 31.4 Å². The van der Waals surface area contributed by atoms with E-state index in [9.17, 15) is 9.18 Å². The molecule has 5 nitrogen and oxygen atoms in total. The molecule has 1 amide bonds. The molecule has 3 aromatic carbocycles. The number of rotatable bonds is 8. The molecule has 2 N–H and O–H groups in total. The normalized spacial score (nSPS) is 10.2. The highest BCUT2D eigenvalue weighted by atomic mass is 19.1.